The summed E-state index contributed by atoms with van der Waals surface area (Å²) in [6.07, 6.45) is 2.31. The summed E-state index contributed by atoms with van der Waals surface area (Å²) in [7, 11) is 2.15. The van der Waals surface area contributed by atoms with E-state index in [2.05, 4.69) is 18.5 Å². The van der Waals surface area contributed by atoms with E-state index in [1.807, 2.05) is 11.9 Å². The van der Waals surface area contributed by atoms with Gasteiger partial charge in [0.1, 0.15) is 0 Å². The Labute approximate surface area is 74.8 Å². The summed E-state index contributed by atoms with van der Waals surface area (Å²) in [4.78, 5) is 2.34. The fraction of sp³-hybridized carbons (Fsp3) is 0.778. The molecule has 3 nitrogen and oxygen atoms in total. The number of rotatable bonds is 2. The minimum absolute atomic E-state index is 0.499. The number of hydrazine groups is 1. The molecule has 0 saturated carbocycles. The van der Waals surface area contributed by atoms with Gasteiger partial charge in [-0.3, -0.25) is 0 Å². The molecule has 1 fully saturated rings. The van der Waals surface area contributed by atoms with Crippen LogP contribution in [-0.2, 0) is 0 Å². The van der Waals surface area contributed by atoms with E-state index in [4.69, 9.17) is 5.84 Å². The highest BCUT2D eigenvalue weighted by molar-refractivity contribution is 4.90. The Hall–Kier alpha value is -0.540. The SMILES string of the molecule is C=C(C)N(N)C1CCN(C)CC1. The Morgan fingerprint density at radius 1 is 1.50 bits per heavy atom. The van der Waals surface area contributed by atoms with Gasteiger partial charge >= 0.3 is 0 Å². The average Bonchev–Trinajstić information content (AvgIpc) is 2.04. The molecule has 0 unspecified atom stereocenters. The van der Waals surface area contributed by atoms with Crippen molar-refractivity contribution in [1.29, 1.82) is 0 Å². The molecule has 0 aliphatic carbocycles. The van der Waals surface area contributed by atoms with Crippen LogP contribution in [-0.4, -0.2) is 36.1 Å². The number of hydrogen-bond donors (Lipinski definition) is 1. The Kier molecular flexibility index (Phi) is 3.12. The van der Waals surface area contributed by atoms with Gasteiger partial charge in [-0.2, -0.15) is 0 Å². The Balaban J connectivity index is 2.39. The molecule has 0 amide bonds. The average molecular weight is 169 g/mol. The van der Waals surface area contributed by atoms with Crippen molar-refractivity contribution in [3.8, 4) is 0 Å². The topological polar surface area (TPSA) is 32.5 Å². The Morgan fingerprint density at radius 3 is 2.42 bits per heavy atom. The van der Waals surface area contributed by atoms with E-state index in [1.54, 1.807) is 0 Å². The molecule has 0 aromatic rings. The molecule has 0 radical (unpaired) electrons. The van der Waals surface area contributed by atoms with Gasteiger partial charge in [-0.15, -0.1) is 0 Å². The van der Waals surface area contributed by atoms with E-state index < -0.39 is 0 Å². The van der Waals surface area contributed by atoms with Crippen LogP contribution in [0.15, 0.2) is 12.3 Å². The second-order valence-corrected chi connectivity index (χ2v) is 3.68. The lowest BCUT2D eigenvalue weighted by Crippen LogP contribution is -2.46. The van der Waals surface area contributed by atoms with Crippen molar-refractivity contribution < 1.29 is 0 Å². The van der Waals surface area contributed by atoms with Crippen molar-refractivity contribution in [3.63, 3.8) is 0 Å². The zero-order valence-corrected chi connectivity index (χ0v) is 8.08. The summed E-state index contributed by atoms with van der Waals surface area (Å²) in [6.45, 7) is 8.08. The van der Waals surface area contributed by atoms with Crippen molar-refractivity contribution in [2.24, 2.45) is 5.84 Å². The van der Waals surface area contributed by atoms with Crippen molar-refractivity contribution >= 4 is 0 Å². The van der Waals surface area contributed by atoms with Gasteiger partial charge < -0.3 is 9.91 Å². The molecule has 0 aromatic heterocycles. The summed E-state index contributed by atoms with van der Waals surface area (Å²) < 4.78 is 0. The molecular formula is C9H19N3. The number of likely N-dealkylation sites (tertiary alicyclic amines) is 1. The summed E-state index contributed by atoms with van der Waals surface area (Å²) in [5, 5.41) is 1.81. The van der Waals surface area contributed by atoms with Crippen LogP contribution in [0.5, 0.6) is 0 Å². The first-order valence-corrected chi connectivity index (χ1v) is 4.49. The maximum Gasteiger partial charge on any atom is 0.0472 e. The maximum absolute atomic E-state index is 5.85. The molecule has 1 heterocycles. The molecule has 1 rings (SSSR count). The first-order valence-electron chi connectivity index (χ1n) is 4.49. The van der Waals surface area contributed by atoms with Crippen molar-refractivity contribution in [2.75, 3.05) is 20.1 Å². The van der Waals surface area contributed by atoms with E-state index in [1.165, 1.54) is 0 Å². The van der Waals surface area contributed by atoms with Gasteiger partial charge in [-0.25, -0.2) is 5.84 Å². The molecule has 0 aromatic carbocycles. The third-order valence-electron chi connectivity index (χ3n) is 2.52. The number of allylic oxidation sites excluding steroid dienone is 1. The highest BCUT2D eigenvalue weighted by Crippen LogP contribution is 2.15. The first-order chi connectivity index (χ1) is 5.61. The van der Waals surface area contributed by atoms with Crippen LogP contribution < -0.4 is 5.84 Å². The smallest absolute Gasteiger partial charge is 0.0472 e. The third kappa shape index (κ3) is 2.22. The predicted octanol–water partition coefficient (Wildman–Crippen LogP) is 0.790. The van der Waals surface area contributed by atoms with E-state index >= 15 is 0 Å². The molecule has 12 heavy (non-hydrogen) atoms. The minimum atomic E-state index is 0.499. The molecule has 0 spiro atoms. The van der Waals surface area contributed by atoms with Gasteiger partial charge in [0.05, 0.1) is 0 Å². The zero-order chi connectivity index (χ0) is 9.14. The normalized spacial score (nSPS) is 20.9. The highest BCUT2D eigenvalue weighted by atomic mass is 15.4. The van der Waals surface area contributed by atoms with Crippen LogP contribution in [0.25, 0.3) is 0 Å². The Morgan fingerprint density at radius 2 is 2.00 bits per heavy atom. The molecule has 1 aliphatic heterocycles. The summed E-state index contributed by atoms with van der Waals surface area (Å²) in [5.74, 6) is 5.85. The van der Waals surface area contributed by atoms with Crippen LogP contribution >= 0.6 is 0 Å². The minimum Gasteiger partial charge on any atom is -0.313 e. The van der Waals surface area contributed by atoms with Gasteiger partial charge in [-0.1, -0.05) is 6.58 Å². The Bertz CT molecular complexity index is 159. The molecule has 70 valence electrons. The highest BCUT2D eigenvalue weighted by Gasteiger charge is 2.20. The maximum atomic E-state index is 5.85. The van der Waals surface area contributed by atoms with Gasteiger partial charge in [0, 0.05) is 11.7 Å². The van der Waals surface area contributed by atoms with Crippen molar-refractivity contribution in [2.45, 2.75) is 25.8 Å². The van der Waals surface area contributed by atoms with E-state index in [9.17, 15) is 0 Å². The summed E-state index contributed by atoms with van der Waals surface area (Å²) in [6, 6.07) is 0.499. The van der Waals surface area contributed by atoms with E-state index in [0.717, 1.165) is 31.6 Å². The van der Waals surface area contributed by atoms with Crippen LogP contribution in [0.3, 0.4) is 0 Å². The third-order valence-corrected chi connectivity index (χ3v) is 2.52. The second kappa shape index (κ2) is 3.92. The molecule has 0 atom stereocenters. The summed E-state index contributed by atoms with van der Waals surface area (Å²) >= 11 is 0. The molecule has 3 heteroatoms. The van der Waals surface area contributed by atoms with Crippen LogP contribution in [0, 0.1) is 0 Å². The van der Waals surface area contributed by atoms with Crippen LogP contribution in [0.4, 0.5) is 0 Å². The molecular weight excluding hydrogens is 150 g/mol. The number of nitrogens with two attached hydrogens (primary N) is 1. The van der Waals surface area contributed by atoms with Gasteiger partial charge in [0.2, 0.25) is 0 Å². The number of nitrogens with zero attached hydrogens (tertiary/aromatic N) is 2. The molecule has 1 saturated heterocycles. The van der Waals surface area contributed by atoms with Crippen LogP contribution in [0.2, 0.25) is 0 Å². The van der Waals surface area contributed by atoms with Crippen molar-refractivity contribution in [3.05, 3.63) is 12.3 Å². The molecule has 1 aliphatic rings. The fourth-order valence-electron chi connectivity index (χ4n) is 1.58. The van der Waals surface area contributed by atoms with Crippen molar-refractivity contribution in [1.82, 2.24) is 9.91 Å². The van der Waals surface area contributed by atoms with Gasteiger partial charge in [-0.05, 0) is 39.9 Å². The lowest BCUT2D eigenvalue weighted by molar-refractivity contribution is 0.152. The second-order valence-electron chi connectivity index (χ2n) is 3.68. The first kappa shape index (κ1) is 9.55. The van der Waals surface area contributed by atoms with E-state index in [-0.39, 0.29) is 0 Å². The monoisotopic (exact) mass is 169 g/mol. The van der Waals surface area contributed by atoms with Crippen LogP contribution in [0.1, 0.15) is 19.8 Å². The lowest BCUT2D eigenvalue weighted by atomic mass is 10.0. The number of piperidine rings is 1. The lowest BCUT2D eigenvalue weighted by Gasteiger charge is -2.35. The van der Waals surface area contributed by atoms with Gasteiger partial charge in [0.25, 0.3) is 0 Å². The molecule has 0 bridgehead atoms. The standard InChI is InChI=1S/C9H19N3/c1-8(2)12(10)9-4-6-11(3)7-5-9/h9H,1,4-7,10H2,2-3H3. The quantitative estimate of drug-likeness (QED) is 0.490. The molecule has 2 N–H and O–H groups in total. The predicted molar refractivity (Wildman–Crippen MR) is 51.4 cm³/mol. The zero-order valence-electron chi connectivity index (χ0n) is 8.08. The summed E-state index contributed by atoms with van der Waals surface area (Å²) in [5.41, 5.74) is 0.963. The number of hydrogen-bond acceptors (Lipinski definition) is 3. The van der Waals surface area contributed by atoms with E-state index in [0.29, 0.717) is 6.04 Å². The largest absolute Gasteiger partial charge is 0.313 e. The fourth-order valence-corrected chi connectivity index (χ4v) is 1.58. The van der Waals surface area contributed by atoms with Gasteiger partial charge in [0.15, 0.2) is 0 Å².